The lowest BCUT2D eigenvalue weighted by molar-refractivity contribution is 0.132. The monoisotopic (exact) mass is 453 g/mol. The fourth-order valence-corrected chi connectivity index (χ4v) is 4.67. The Bertz CT molecular complexity index is 998. The smallest absolute Gasteiger partial charge is 0.340 e. The van der Waals surface area contributed by atoms with Crippen molar-refractivity contribution in [3.05, 3.63) is 77.1 Å². The number of hydrogen-bond donors (Lipinski definition) is 2. The molecule has 0 saturated carbocycles. The van der Waals surface area contributed by atoms with Gasteiger partial charge in [-0.3, -0.25) is 9.91 Å². The van der Waals surface area contributed by atoms with Crippen molar-refractivity contribution in [2.24, 2.45) is 0 Å². The van der Waals surface area contributed by atoms with Gasteiger partial charge in [0.1, 0.15) is 11.9 Å². The first-order valence-corrected chi connectivity index (χ1v) is 11.6. The number of benzene rings is 2. The minimum Gasteiger partial charge on any atom is -0.494 e. The van der Waals surface area contributed by atoms with E-state index in [1.54, 1.807) is 9.91 Å². The van der Waals surface area contributed by atoms with Gasteiger partial charge in [0.05, 0.1) is 25.2 Å². The fraction of sp³-hybridized carbons (Fsp3) is 0.375. The second-order valence-electron chi connectivity index (χ2n) is 8.40. The minimum atomic E-state index is -0.135. The molecule has 8 heteroatoms. The summed E-state index contributed by atoms with van der Waals surface area (Å²) in [6.07, 6.45) is 6.71. The number of fused-ring (bicyclic) bond motifs is 3. The van der Waals surface area contributed by atoms with Gasteiger partial charge in [0, 0.05) is 17.4 Å². The summed E-state index contributed by atoms with van der Waals surface area (Å²) in [6, 6.07) is 16.1. The van der Waals surface area contributed by atoms with Crippen LogP contribution in [0.25, 0.3) is 0 Å². The Labute approximate surface area is 193 Å². The molecule has 2 aromatic carbocycles. The standard InChI is InChI=1S/C24H28ClN5O2/c1-2-3-14-32-19-10-8-17(9-11-19)21-15-22-23-27-30(16-18-6-4-5-7-20(18)25)24(31)28(23)12-13-29(22)26-21/h4-13,21-23,26-27H,2-3,14-16H2,1H3. The fourth-order valence-electron chi connectivity index (χ4n) is 4.48. The molecule has 0 aromatic heterocycles. The molecule has 3 heterocycles. The Morgan fingerprint density at radius 2 is 1.91 bits per heavy atom. The van der Waals surface area contributed by atoms with Gasteiger partial charge in [0.25, 0.3) is 0 Å². The highest BCUT2D eigenvalue weighted by Crippen LogP contribution is 2.35. The van der Waals surface area contributed by atoms with Crippen molar-refractivity contribution in [1.29, 1.82) is 0 Å². The van der Waals surface area contributed by atoms with E-state index in [4.69, 9.17) is 16.3 Å². The predicted octanol–water partition coefficient (Wildman–Crippen LogP) is 4.39. The van der Waals surface area contributed by atoms with Gasteiger partial charge in [0.2, 0.25) is 0 Å². The van der Waals surface area contributed by atoms with Crippen LogP contribution >= 0.6 is 11.6 Å². The molecule has 0 aliphatic carbocycles. The van der Waals surface area contributed by atoms with Crippen LogP contribution in [0.1, 0.15) is 43.4 Å². The lowest BCUT2D eigenvalue weighted by Gasteiger charge is -2.34. The van der Waals surface area contributed by atoms with Crippen molar-refractivity contribution in [2.75, 3.05) is 6.61 Å². The number of amides is 2. The topological polar surface area (TPSA) is 60.1 Å². The summed E-state index contributed by atoms with van der Waals surface area (Å²) >= 11 is 6.31. The summed E-state index contributed by atoms with van der Waals surface area (Å²) in [5.41, 5.74) is 9.09. The molecule has 2 amide bonds. The molecule has 2 saturated heterocycles. The van der Waals surface area contributed by atoms with E-state index in [0.717, 1.165) is 37.2 Å². The van der Waals surface area contributed by atoms with Crippen molar-refractivity contribution >= 4 is 17.6 Å². The van der Waals surface area contributed by atoms with Gasteiger partial charge in [-0.1, -0.05) is 55.3 Å². The number of urea groups is 1. The van der Waals surface area contributed by atoms with Crippen LogP contribution in [0.4, 0.5) is 4.79 Å². The Hall–Kier alpha value is -2.74. The summed E-state index contributed by atoms with van der Waals surface area (Å²) < 4.78 is 5.79. The number of carbonyl (C=O) groups is 1. The van der Waals surface area contributed by atoms with E-state index < -0.39 is 0 Å². The molecule has 3 aliphatic rings. The zero-order valence-electron chi connectivity index (χ0n) is 18.1. The quantitative estimate of drug-likeness (QED) is 0.609. The van der Waals surface area contributed by atoms with Crippen molar-refractivity contribution in [3.8, 4) is 5.75 Å². The van der Waals surface area contributed by atoms with Gasteiger partial charge in [-0.05, 0) is 42.2 Å². The van der Waals surface area contributed by atoms with E-state index in [1.165, 1.54) is 5.56 Å². The number of nitrogens with zero attached hydrogens (tertiary/aromatic N) is 3. The molecule has 0 bridgehead atoms. The number of rotatable bonds is 7. The molecular weight excluding hydrogens is 426 g/mol. The number of hydrogen-bond acceptors (Lipinski definition) is 5. The molecule has 0 spiro atoms. The molecule has 0 radical (unpaired) electrons. The third-order valence-corrected chi connectivity index (χ3v) is 6.64. The number of unbranched alkanes of at least 4 members (excludes halogenated alkanes) is 1. The summed E-state index contributed by atoms with van der Waals surface area (Å²) in [5, 5.41) is 4.42. The number of halogens is 1. The Morgan fingerprint density at radius 3 is 2.69 bits per heavy atom. The first kappa shape index (κ1) is 21.1. The maximum Gasteiger partial charge on any atom is 0.340 e. The summed E-state index contributed by atoms with van der Waals surface area (Å²) in [5.74, 6) is 0.905. The molecule has 7 nitrogen and oxygen atoms in total. The van der Waals surface area contributed by atoms with E-state index in [9.17, 15) is 4.79 Å². The van der Waals surface area contributed by atoms with Crippen LogP contribution in [-0.2, 0) is 6.54 Å². The number of ether oxygens (including phenoxy) is 1. The average Bonchev–Trinajstić information content (AvgIpc) is 3.38. The normalized spacial score (nSPS) is 24.1. The molecule has 32 heavy (non-hydrogen) atoms. The van der Waals surface area contributed by atoms with Crippen molar-refractivity contribution in [2.45, 2.75) is 51.0 Å². The Balaban J connectivity index is 1.25. The van der Waals surface area contributed by atoms with E-state index in [-0.39, 0.29) is 24.3 Å². The van der Waals surface area contributed by atoms with E-state index >= 15 is 0 Å². The van der Waals surface area contributed by atoms with Crippen molar-refractivity contribution in [1.82, 2.24) is 25.8 Å². The van der Waals surface area contributed by atoms with Gasteiger partial charge in [-0.15, -0.1) is 0 Å². The molecule has 5 rings (SSSR count). The van der Waals surface area contributed by atoms with Crippen LogP contribution in [0, 0.1) is 0 Å². The maximum atomic E-state index is 13.0. The van der Waals surface area contributed by atoms with Gasteiger partial charge >= 0.3 is 6.03 Å². The van der Waals surface area contributed by atoms with Crippen LogP contribution < -0.4 is 15.6 Å². The maximum absolute atomic E-state index is 13.0. The zero-order valence-corrected chi connectivity index (χ0v) is 18.8. The highest BCUT2D eigenvalue weighted by Gasteiger charge is 2.48. The zero-order chi connectivity index (χ0) is 22.1. The largest absolute Gasteiger partial charge is 0.494 e. The number of carbonyl (C=O) groups excluding carboxylic acids is 1. The highest BCUT2D eigenvalue weighted by molar-refractivity contribution is 6.31. The van der Waals surface area contributed by atoms with Gasteiger partial charge in [-0.2, -0.15) is 0 Å². The second-order valence-corrected chi connectivity index (χ2v) is 8.81. The van der Waals surface area contributed by atoms with Crippen molar-refractivity contribution in [3.63, 3.8) is 0 Å². The second kappa shape index (κ2) is 9.02. The van der Waals surface area contributed by atoms with E-state index in [1.807, 2.05) is 48.8 Å². The molecule has 168 valence electrons. The van der Waals surface area contributed by atoms with Crippen LogP contribution in [0.2, 0.25) is 5.02 Å². The van der Waals surface area contributed by atoms with Crippen LogP contribution in [-0.4, -0.2) is 39.8 Å². The molecule has 2 aromatic rings. The Morgan fingerprint density at radius 1 is 1.09 bits per heavy atom. The van der Waals surface area contributed by atoms with Crippen LogP contribution in [0.5, 0.6) is 5.75 Å². The molecule has 2 fully saturated rings. The van der Waals surface area contributed by atoms with Crippen LogP contribution in [0.15, 0.2) is 60.9 Å². The Kier molecular flexibility index (Phi) is 5.95. The minimum absolute atomic E-state index is 0.0668. The summed E-state index contributed by atoms with van der Waals surface area (Å²) in [4.78, 5) is 14.8. The number of hydrazine groups is 2. The lowest BCUT2D eigenvalue weighted by atomic mass is 10.00. The third kappa shape index (κ3) is 4.03. The van der Waals surface area contributed by atoms with Gasteiger partial charge < -0.3 is 9.75 Å². The van der Waals surface area contributed by atoms with E-state index in [0.29, 0.717) is 11.6 Å². The molecular formula is C24H28ClN5O2. The highest BCUT2D eigenvalue weighted by atomic mass is 35.5. The first-order valence-electron chi connectivity index (χ1n) is 11.2. The SMILES string of the molecule is CCCCOc1ccc(C2CC3C4NN(Cc5ccccc5Cl)C(=O)N4C=CN3N2)cc1. The van der Waals surface area contributed by atoms with Crippen molar-refractivity contribution < 1.29 is 9.53 Å². The first-order chi connectivity index (χ1) is 15.6. The number of nitrogens with one attached hydrogen (secondary N) is 2. The van der Waals surface area contributed by atoms with Crippen LogP contribution in [0.3, 0.4) is 0 Å². The van der Waals surface area contributed by atoms with Gasteiger partial charge in [0.15, 0.2) is 0 Å². The molecule has 3 atom stereocenters. The van der Waals surface area contributed by atoms with E-state index in [2.05, 4.69) is 34.9 Å². The molecule has 3 aliphatic heterocycles. The third-order valence-electron chi connectivity index (χ3n) is 6.27. The summed E-state index contributed by atoms with van der Waals surface area (Å²) in [6.45, 7) is 3.33. The lowest BCUT2D eigenvalue weighted by Crippen LogP contribution is -2.53. The molecule has 2 N–H and O–H groups in total. The summed E-state index contributed by atoms with van der Waals surface area (Å²) in [7, 11) is 0. The molecule has 3 unspecified atom stereocenters. The van der Waals surface area contributed by atoms with Gasteiger partial charge in [-0.25, -0.2) is 15.6 Å². The average molecular weight is 454 g/mol. The predicted molar refractivity (Wildman–Crippen MR) is 123 cm³/mol.